The zero-order valence-corrected chi connectivity index (χ0v) is 12.1. The molecule has 4 heterocycles. The standard InChI is InChI=1S/C11H11N5OS2/c1-11(2)3-5-6(4-18-11)19-8-7(5)9(17)16-10(12-8)13-14-15-16/h3-4H2,1-2H3,(H,12,13,15). The largest absolute Gasteiger partial charge is 0.284 e. The van der Waals surface area contributed by atoms with Gasteiger partial charge in [-0.3, -0.25) is 4.79 Å². The van der Waals surface area contributed by atoms with Gasteiger partial charge in [0, 0.05) is 15.4 Å². The van der Waals surface area contributed by atoms with Crippen LogP contribution in [0.15, 0.2) is 4.79 Å². The van der Waals surface area contributed by atoms with Crippen molar-refractivity contribution in [1.82, 2.24) is 25.0 Å². The first-order valence-electron chi connectivity index (χ1n) is 5.93. The minimum atomic E-state index is -0.0924. The monoisotopic (exact) mass is 293 g/mol. The zero-order valence-electron chi connectivity index (χ0n) is 10.4. The molecule has 0 radical (unpaired) electrons. The van der Waals surface area contributed by atoms with Crippen molar-refractivity contribution in [2.24, 2.45) is 0 Å². The van der Waals surface area contributed by atoms with Crippen LogP contribution in [0.2, 0.25) is 0 Å². The van der Waals surface area contributed by atoms with Gasteiger partial charge in [-0.2, -0.15) is 14.7 Å². The summed E-state index contributed by atoms with van der Waals surface area (Å²) in [6.07, 6.45) is 0.900. The average molecular weight is 293 g/mol. The van der Waals surface area contributed by atoms with Crippen molar-refractivity contribution in [1.29, 1.82) is 0 Å². The lowest BCUT2D eigenvalue weighted by Gasteiger charge is -2.28. The summed E-state index contributed by atoms with van der Waals surface area (Å²) in [5.41, 5.74) is 1.07. The molecule has 0 saturated carbocycles. The van der Waals surface area contributed by atoms with Crippen molar-refractivity contribution < 1.29 is 0 Å². The van der Waals surface area contributed by atoms with Crippen molar-refractivity contribution in [2.75, 3.05) is 0 Å². The Kier molecular flexibility index (Phi) is 2.15. The Labute approximate surface area is 116 Å². The Hall–Kier alpha value is -1.41. The van der Waals surface area contributed by atoms with Crippen molar-refractivity contribution in [3.63, 3.8) is 0 Å². The molecule has 19 heavy (non-hydrogen) atoms. The Morgan fingerprint density at radius 3 is 3.11 bits per heavy atom. The molecule has 0 amide bonds. The number of fused-ring (bicyclic) bond motifs is 4. The second-order valence-corrected chi connectivity index (χ2v) is 8.03. The highest BCUT2D eigenvalue weighted by atomic mass is 32.2. The molecule has 0 spiro atoms. The number of aromatic amines is 1. The number of hydrogen-bond donors (Lipinski definition) is 1. The molecule has 1 aliphatic heterocycles. The third-order valence-corrected chi connectivity index (χ3v) is 6.04. The van der Waals surface area contributed by atoms with Crippen LogP contribution in [-0.2, 0) is 12.2 Å². The van der Waals surface area contributed by atoms with Crippen LogP contribution in [0.25, 0.3) is 16.0 Å². The van der Waals surface area contributed by atoms with E-state index in [1.165, 1.54) is 9.39 Å². The van der Waals surface area contributed by atoms with Crippen LogP contribution in [0, 0.1) is 0 Å². The number of tetrazole rings is 1. The van der Waals surface area contributed by atoms with Crippen LogP contribution in [0.3, 0.4) is 0 Å². The second-order valence-electron chi connectivity index (χ2n) is 5.26. The van der Waals surface area contributed by atoms with E-state index in [2.05, 4.69) is 34.4 Å². The molecule has 4 rings (SSSR count). The molecular weight excluding hydrogens is 282 g/mol. The van der Waals surface area contributed by atoms with Gasteiger partial charge >= 0.3 is 0 Å². The van der Waals surface area contributed by atoms with E-state index in [1.807, 2.05) is 11.8 Å². The molecule has 6 nitrogen and oxygen atoms in total. The molecular formula is C11H11N5OS2. The number of H-pyrrole nitrogens is 1. The normalized spacial score (nSPS) is 18.0. The fourth-order valence-corrected chi connectivity index (χ4v) is 4.78. The van der Waals surface area contributed by atoms with Gasteiger partial charge in [-0.05, 0) is 17.2 Å². The van der Waals surface area contributed by atoms with Crippen LogP contribution in [0.5, 0.6) is 0 Å². The van der Waals surface area contributed by atoms with Gasteiger partial charge in [-0.25, -0.2) is 0 Å². The molecule has 3 aromatic heterocycles. The smallest absolute Gasteiger partial charge is 0.266 e. The maximum absolute atomic E-state index is 12.5. The molecule has 0 aromatic carbocycles. The molecule has 0 saturated heterocycles. The Morgan fingerprint density at radius 2 is 2.26 bits per heavy atom. The highest BCUT2D eigenvalue weighted by molar-refractivity contribution is 8.00. The summed E-state index contributed by atoms with van der Waals surface area (Å²) < 4.78 is 1.48. The van der Waals surface area contributed by atoms with E-state index < -0.39 is 0 Å². The first-order chi connectivity index (χ1) is 9.05. The highest BCUT2D eigenvalue weighted by Gasteiger charge is 2.30. The van der Waals surface area contributed by atoms with Gasteiger partial charge in [-0.1, -0.05) is 18.9 Å². The number of thioether (sulfide) groups is 1. The topological polar surface area (TPSA) is 75.9 Å². The van der Waals surface area contributed by atoms with Gasteiger partial charge < -0.3 is 0 Å². The first kappa shape index (κ1) is 11.4. The molecule has 0 bridgehead atoms. The number of nitrogens with zero attached hydrogens (tertiary/aromatic N) is 4. The fraction of sp³-hybridized carbons (Fsp3) is 0.455. The van der Waals surface area contributed by atoms with Gasteiger partial charge in [-0.15, -0.1) is 23.1 Å². The van der Waals surface area contributed by atoms with Crippen LogP contribution in [0.4, 0.5) is 0 Å². The zero-order chi connectivity index (χ0) is 13.2. The predicted molar refractivity (Wildman–Crippen MR) is 75.9 cm³/mol. The van der Waals surface area contributed by atoms with Gasteiger partial charge in [0.1, 0.15) is 4.83 Å². The Morgan fingerprint density at radius 1 is 1.42 bits per heavy atom. The SMILES string of the molecule is CC1(C)Cc2c(sc3nc4nn[nH]n4c(=O)c23)CS1. The summed E-state index contributed by atoms with van der Waals surface area (Å²) in [7, 11) is 0. The minimum absolute atomic E-state index is 0.0924. The van der Waals surface area contributed by atoms with Crippen molar-refractivity contribution in [2.45, 2.75) is 30.8 Å². The van der Waals surface area contributed by atoms with Crippen LogP contribution in [0.1, 0.15) is 24.3 Å². The van der Waals surface area contributed by atoms with Crippen LogP contribution in [-0.4, -0.2) is 29.8 Å². The number of hydrogen-bond acceptors (Lipinski definition) is 6. The molecule has 98 valence electrons. The molecule has 0 atom stereocenters. The lowest BCUT2D eigenvalue weighted by atomic mass is 10.00. The average Bonchev–Trinajstić information content (AvgIpc) is 2.92. The van der Waals surface area contributed by atoms with E-state index in [4.69, 9.17) is 0 Å². The molecule has 0 aliphatic carbocycles. The van der Waals surface area contributed by atoms with Crippen molar-refractivity contribution >= 4 is 39.1 Å². The van der Waals surface area contributed by atoms with E-state index in [1.54, 1.807) is 11.3 Å². The minimum Gasteiger partial charge on any atom is -0.266 e. The van der Waals surface area contributed by atoms with Gasteiger partial charge in [0.25, 0.3) is 11.3 Å². The fourth-order valence-electron chi connectivity index (χ4n) is 2.45. The number of rotatable bonds is 0. The van der Waals surface area contributed by atoms with Gasteiger partial charge in [0.05, 0.1) is 5.39 Å². The molecule has 1 N–H and O–H groups in total. The maximum atomic E-state index is 12.5. The summed E-state index contributed by atoms with van der Waals surface area (Å²) in [6.45, 7) is 4.43. The summed E-state index contributed by atoms with van der Waals surface area (Å²) in [6, 6.07) is 0. The van der Waals surface area contributed by atoms with E-state index in [9.17, 15) is 4.79 Å². The second kappa shape index (κ2) is 3.57. The van der Waals surface area contributed by atoms with E-state index >= 15 is 0 Å². The maximum Gasteiger partial charge on any atom is 0.284 e. The summed E-state index contributed by atoms with van der Waals surface area (Å²) >= 11 is 3.53. The van der Waals surface area contributed by atoms with Crippen molar-refractivity contribution in [3.8, 4) is 0 Å². The molecule has 1 aliphatic rings. The third-order valence-electron chi connectivity index (χ3n) is 3.37. The lowest BCUT2D eigenvalue weighted by molar-refractivity contribution is 0.699. The van der Waals surface area contributed by atoms with Crippen molar-refractivity contribution in [3.05, 3.63) is 20.8 Å². The van der Waals surface area contributed by atoms with E-state index in [0.29, 0.717) is 5.78 Å². The number of nitrogens with one attached hydrogen (secondary N) is 1. The predicted octanol–water partition coefficient (Wildman–Crippen LogP) is 1.60. The number of thiophene rings is 1. The Bertz CT molecular complexity index is 859. The Balaban J connectivity index is 2.12. The van der Waals surface area contributed by atoms with Crippen LogP contribution >= 0.6 is 23.1 Å². The first-order valence-corrected chi connectivity index (χ1v) is 7.73. The van der Waals surface area contributed by atoms with E-state index in [0.717, 1.165) is 28.0 Å². The summed E-state index contributed by atoms with van der Waals surface area (Å²) in [5.74, 6) is 1.29. The molecule has 0 unspecified atom stereocenters. The van der Waals surface area contributed by atoms with Gasteiger partial charge in [0.2, 0.25) is 0 Å². The van der Waals surface area contributed by atoms with Gasteiger partial charge in [0.15, 0.2) is 0 Å². The summed E-state index contributed by atoms with van der Waals surface area (Å²) in [5, 5.41) is 10.8. The molecule has 3 aromatic rings. The lowest BCUT2D eigenvalue weighted by Crippen LogP contribution is -2.24. The number of aromatic nitrogens is 5. The highest BCUT2D eigenvalue weighted by Crippen LogP contribution is 2.43. The molecule has 8 heteroatoms. The quantitative estimate of drug-likeness (QED) is 0.681. The van der Waals surface area contributed by atoms with E-state index in [-0.39, 0.29) is 10.3 Å². The summed E-state index contributed by atoms with van der Waals surface area (Å²) in [4.78, 5) is 19.0. The molecule has 0 fully saturated rings. The third kappa shape index (κ3) is 1.56. The van der Waals surface area contributed by atoms with Crippen LogP contribution < -0.4 is 5.56 Å².